The van der Waals surface area contributed by atoms with E-state index in [0.717, 1.165) is 16.6 Å². The molecule has 29 heavy (non-hydrogen) atoms. The summed E-state index contributed by atoms with van der Waals surface area (Å²) in [5.74, 6) is -0.314. The van der Waals surface area contributed by atoms with Gasteiger partial charge in [-0.15, -0.1) is 0 Å². The van der Waals surface area contributed by atoms with E-state index < -0.39 is 12.7 Å². The Morgan fingerprint density at radius 3 is 2.45 bits per heavy atom. The molecule has 3 nitrogen and oxygen atoms in total. The maximum Gasteiger partial charge on any atom is 0.495 e. The Hall–Kier alpha value is -2.76. The predicted molar refractivity (Wildman–Crippen MR) is 115 cm³/mol. The summed E-state index contributed by atoms with van der Waals surface area (Å²) in [6.07, 6.45) is 1.71. The molecule has 3 aromatic rings. The molecule has 3 aromatic carbocycles. The first kappa shape index (κ1) is 19.6. The fourth-order valence-corrected chi connectivity index (χ4v) is 3.52. The van der Waals surface area contributed by atoms with Gasteiger partial charge in [-0.25, -0.2) is 4.39 Å². The Morgan fingerprint density at radius 1 is 1.03 bits per heavy atom. The van der Waals surface area contributed by atoms with E-state index in [4.69, 9.17) is 9.31 Å². The lowest BCUT2D eigenvalue weighted by Gasteiger charge is -2.23. The zero-order chi connectivity index (χ0) is 20.3. The second kappa shape index (κ2) is 8.32. The van der Waals surface area contributed by atoms with E-state index >= 15 is 0 Å². The number of hydrogen-bond donors (Lipinski definition) is 0. The Labute approximate surface area is 171 Å². The van der Waals surface area contributed by atoms with E-state index in [2.05, 4.69) is 4.99 Å². The zero-order valence-electron chi connectivity index (χ0n) is 16.6. The molecular weight excluding hydrogens is 364 g/mol. The van der Waals surface area contributed by atoms with Crippen molar-refractivity contribution in [2.24, 2.45) is 4.99 Å². The molecule has 2 unspecified atom stereocenters. The third-order valence-electron chi connectivity index (χ3n) is 5.28. The zero-order valence-corrected chi connectivity index (χ0v) is 16.6. The SMILES string of the molecule is CC(N=Cc1cc(F)ccc1B1OCC(C)(c2ccccc2)O1)c1ccccc1. The van der Waals surface area contributed by atoms with E-state index in [1.807, 2.05) is 74.5 Å². The molecule has 0 saturated carbocycles. The third kappa shape index (κ3) is 4.31. The molecule has 0 bridgehead atoms. The Morgan fingerprint density at radius 2 is 1.72 bits per heavy atom. The number of rotatable bonds is 5. The normalized spacial score (nSPS) is 20.3. The summed E-state index contributed by atoms with van der Waals surface area (Å²) < 4.78 is 26.2. The van der Waals surface area contributed by atoms with Crippen LogP contribution in [0.1, 0.15) is 36.6 Å². The highest BCUT2D eigenvalue weighted by Crippen LogP contribution is 2.31. The maximum absolute atomic E-state index is 14.0. The highest BCUT2D eigenvalue weighted by atomic mass is 19.1. The average molecular weight is 387 g/mol. The molecule has 1 aliphatic rings. The van der Waals surface area contributed by atoms with Crippen LogP contribution < -0.4 is 5.46 Å². The minimum atomic E-state index is -0.575. The molecule has 1 aliphatic heterocycles. The second-order valence-corrected chi connectivity index (χ2v) is 7.50. The first-order valence-electron chi connectivity index (χ1n) is 9.78. The fourth-order valence-electron chi connectivity index (χ4n) is 3.52. The van der Waals surface area contributed by atoms with E-state index in [1.165, 1.54) is 12.1 Å². The van der Waals surface area contributed by atoms with Crippen molar-refractivity contribution in [2.45, 2.75) is 25.5 Å². The molecule has 0 radical (unpaired) electrons. The van der Waals surface area contributed by atoms with Crippen LogP contribution in [0.15, 0.2) is 83.9 Å². The Kier molecular flexibility index (Phi) is 5.61. The minimum Gasteiger partial charge on any atom is -0.404 e. The summed E-state index contributed by atoms with van der Waals surface area (Å²) in [6.45, 7) is 4.45. The van der Waals surface area contributed by atoms with Crippen molar-refractivity contribution in [3.8, 4) is 0 Å². The van der Waals surface area contributed by atoms with Crippen molar-refractivity contribution in [3.63, 3.8) is 0 Å². The average Bonchev–Trinajstić information content (AvgIpc) is 3.16. The summed E-state index contributed by atoms with van der Waals surface area (Å²) >= 11 is 0. The van der Waals surface area contributed by atoms with Gasteiger partial charge in [0.2, 0.25) is 0 Å². The molecule has 0 N–H and O–H groups in total. The van der Waals surface area contributed by atoms with Gasteiger partial charge < -0.3 is 9.31 Å². The van der Waals surface area contributed by atoms with Crippen LogP contribution in [0.25, 0.3) is 0 Å². The third-order valence-corrected chi connectivity index (χ3v) is 5.28. The van der Waals surface area contributed by atoms with Gasteiger partial charge in [0, 0.05) is 6.21 Å². The summed E-state index contributed by atoms with van der Waals surface area (Å²) in [7, 11) is -0.575. The van der Waals surface area contributed by atoms with Gasteiger partial charge in [-0.2, -0.15) is 0 Å². The van der Waals surface area contributed by atoms with Gasteiger partial charge in [-0.3, -0.25) is 4.99 Å². The maximum atomic E-state index is 14.0. The smallest absolute Gasteiger partial charge is 0.404 e. The van der Waals surface area contributed by atoms with Gasteiger partial charge in [0.1, 0.15) is 5.82 Å². The number of halogens is 1. The number of hydrogen-bond acceptors (Lipinski definition) is 3. The summed E-state index contributed by atoms with van der Waals surface area (Å²) in [5, 5.41) is 0. The van der Waals surface area contributed by atoms with E-state index in [9.17, 15) is 4.39 Å². The Balaban J connectivity index is 1.58. The van der Waals surface area contributed by atoms with Crippen molar-refractivity contribution in [1.29, 1.82) is 0 Å². The standard InChI is InChI=1S/C24H23BFNO2/c1-18(19-9-5-3-6-10-19)27-16-20-15-22(26)13-14-23(20)25-28-17-24(2,29-25)21-11-7-4-8-12-21/h3-16,18H,17H2,1-2H3. The first-order chi connectivity index (χ1) is 14.0. The van der Waals surface area contributed by atoms with Crippen LogP contribution >= 0.6 is 0 Å². The molecule has 0 amide bonds. The molecule has 5 heteroatoms. The molecule has 1 heterocycles. The van der Waals surface area contributed by atoms with Gasteiger partial charge >= 0.3 is 7.12 Å². The highest BCUT2D eigenvalue weighted by Gasteiger charge is 2.43. The van der Waals surface area contributed by atoms with Gasteiger partial charge in [-0.1, -0.05) is 66.7 Å². The molecule has 146 valence electrons. The molecule has 0 spiro atoms. The molecule has 0 aliphatic carbocycles. The monoisotopic (exact) mass is 387 g/mol. The highest BCUT2D eigenvalue weighted by molar-refractivity contribution is 6.63. The van der Waals surface area contributed by atoms with Crippen molar-refractivity contribution < 1.29 is 13.7 Å². The molecule has 2 atom stereocenters. The number of nitrogens with zero attached hydrogens (tertiary/aromatic N) is 1. The molecular formula is C24H23BFNO2. The van der Waals surface area contributed by atoms with Gasteiger partial charge in [0.25, 0.3) is 0 Å². The van der Waals surface area contributed by atoms with Crippen LogP contribution in [0.5, 0.6) is 0 Å². The minimum absolute atomic E-state index is 0.0349. The van der Waals surface area contributed by atoms with Crippen LogP contribution in [0, 0.1) is 5.82 Å². The predicted octanol–water partition coefficient (Wildman–Crippen LogP) is 4.66. The van der Waals surface area contributed by atoms with Gasteiger partial charge in [-0.05, 0) is 48.1 Å². The first-order valence-corrected chi connectivity index (χ1v) is 9.78. The van der Waals surface area contributed by atoms with Crippen molar-refractivity contribution in [1.82, 2.24) is 0 Å². The van der Waals surface area contributed by atoms with Crippen molar-refractivity contribution in [2.75, 3.05) is 6.61 Å². The fraction of sp³-hybridized carbons (Fsp3) is 0.208. The topological polar surface area (TPSA) is 30.8 Å². The molecule has 4 rings (SSSR count). The largest absolute Gasteiger partial charge is 0.495 e. The summed E-state index contributed by atoms with van der Waals surface area (Å²) in [5.41, 5.74) is 3.04. The molecule has 1 saturated heterocycles. The summed E-state index contributed by atoms with van der Waals surface area (Å²) in [4.78, 5) is 4.63. The number of benzene rings is 3. The van der Waals surface area contributed by atoms with Crippen LogP contribution in [0.2, 0.25) is 0 Å². The lowest BCUT2D eigenvalue weighted by atomic mass is 9.76. The van der Waals surface area contributed by atoms with E-state index in [0.29, 0.717) is 12.2 Å². The van der Waals surface area contributed by atoms with E-state index in [-0.39, 0.29) is 11.9 Å². The number of aliphatic imine (C=N–C) groups is 1. The van der Waals surface area contributed by atoms with Gasteiger partial charge in [0.15, 0.2) is 0 Å². The second-order valence-electron chi connectivity index (χ2n) is 7.50. The van der Waals surface area contributed by atoms with Crippen LogP contribution in [-0.2, 0) is 14.9 Å². The lowest BCUT2D eigenvalue weighted by molar-refractivity contribution is 0.114. The van der Waals surface area contributed by atoms with E-state index in [1.54, 1.807) is 12.3 Å². The quantitative estimate of drug-likeness (QED) is 0.471. The molecule has 0 aromatic heterocycles. The lowest BCUT2D eigenvalue weighted by Crippen LogP contribution is -2.37. The van der Waals surface area contributed by atoms with Crippen LogP contribution in [0.3, 0.4) is 0 Å². The van der Waals surface area contributed by atoms with Crippen LogP contribution in [0.4, 0.5) is 4.39 Å². The molecule has 1 fully saturated rings. The van der Waals surface area contributed by atoms with Crippen molar-refractivity contribution in [3.05, 3.63) is 101 Å². The summed E-state index contributed by atoms with van der Waals surface area (Å²) in [6, 6.07) is 24.6. The Bertz CT molecular complexity index is 996. The van der Waals surface area contributed by atoms with Crippen molar-refractivity contribution >= 4 is 18.8 Å². The van der Waals surface area contributed by atoms with Crippen LogP contribution in [-0.4, -0.2) is 19.9 Å². The van der Waals surface area contributed by atoms with Gasteiger partial charge in [0.05, 0.1) is 18.2 Å².